The number of halogens is 2. The number of nitrogens with zero attached hydrogens (tertiary/aromatic N) is 2. The van der Waals surface area contributed by atoms with E-state index in [1.807, 2.05) is 11.0 Å². The van der Waals surface area contributed by atoms with Crippen molar-refractivity contribution in [1.29, 1.82) is 0 Å². The molecule has 0 radical (unpaired) electrons. The molecule has 0 aliphatic carbocycles. The minimum absolute atomic E-state index is 0.0108. The molecule has 2 aliphatic rings. The molecule has 2 fully saturated rings. The number of hydrogen-bond donors (Lipinski definition) is 0. The predicted octanol–water partition coefficient (Wildman–Crippen LogP) is 3.24. The van der Waals surface area contributed by atoms with Gasteiger partial charge in [-0.2, -0.15) is 0 Å². The molecular formula is C23H26F2N2O3. The van der Waals surface area contributed by atoms with Gasteiger partial charge in [-0.1, -0.05) is 12.1 Å². The van der Waals surface area contributed by atoms with Gasteiger partial charge in [0.25, 0.3) is 0 Å². The van der Waals surface area contributed by atoms with Crippen LogP contribution < -0.4 is 4.74 Å². The van der Waals surface area contributed by atoms with E-state index in [2.05, 4.69) is 4.90 Å². The van der Waals surface area contributed by atoms with Gasteiger partial charge in [0.05, 0.1) is 6.54 Å². The number of likely N-dealkylation sites (tertiary alicyclic amines) is 1. The van der Waals surface area contributed by atoms with Gasteiger partial charge in [-0.15, -0.1) is 0 Å². The Kier molecular flexibility index (Phi) is 6.59. The molecule has 2 aromatic carbocycles. The van der Waals surface area contributed by atoms with Crippen molar-refractivity contribution in [2.24, 2.45) is 0 Å². The zero-order chi connectivity index (χ0) is 20.9. The van der Waals surface area contributed by atoms with Crippen LogP contribution in [-0.4, -0.2) is 60.7 Å². The average Bonchev–Trinajstić information content (AvgIpc) is 2.75. The molecule has 30 heavy (non-hydrogen) atoms. The molecule has 2 aliphatic heterocycles. The van der Waals surface area contributed by atoms with Crippen LogP contribution in [0.5, 0.6) is 5.75 Å². The summed E-state index contributed by atoms with van der Waals surface area (Å²) in [7, 11) is 0. The lowest BCUT2D eigenvalue weighted by Crippen LogP contribution is -2.55. The van der Waals surface area contributed by atoms with Crippen LogP contribution in [-0.2, 0) is 16.1 Å². The standard InChI is InChI=1S/C23H26F2N2O3/c24-18-4-6-21(7-5-18)29-15-22-14-27(23(28)16-30-22)20-8-10-26(11-9-20)13-17-2-1-3-19(25)12-17/h1-7,12,20,22H,8-11,13-16H2/t22-/m1/s1. The molecule has 1 amide bonds. The van der Waals surface area contributed by atoms with Crippen molar-refractivity contribution < 1.29 is 23.0 Å². The zero-order valence-electron chi connectivity index (χ0n) is 16.8. The number of morpholine rings is 1. The Balaban J connectivity index is 1.27. The lowest BCUT2D eigenvalue weighted by atomic mass is 10.0. The van der Waals surface area contributed by atoms with Crippen molar-refractivity contribution in [2.75, 3.05) is 32.8 Å². The van der Waals surface area contributed by atoms with Crippen molar-refractivity contribution in [1.82, 2.24) is 9.80 Å². The van der Waals surface area contributed by atoms with E-state index in [1.54, 1.807) is 24.3 Å². The molecule has 0 aromatic heterocycles. The Hall–Kier alpha value is -2.51. The van der Waals surface area contributed by atoms with E-state index in [-0.39, 0.29) is 36.3 Å². The van der Waals surface area contributed by atoms with Crippen LogP contribution >= 0.6 is 0 Å². The number of hydrogen-bond acceptors (Lipinski definition) is 4. The van der Waals surface area contributed by atoms with E-state index in [0.29, 0.717) is 18.9 Å². The zero-order valence-corrected chi connectivity index (χ0v) is 16.8. The molecule has 0 saturated carbocycles. The molecule has 5 nitrogen and oxygen atoms in total. The quantitative estimate of drug-likeness (QED) is 0.725. The topological polar surface area (TPSA) is 42.0 Å². The van der Waals surface area contributed by atoms with Gasteiger partial charge in [-0.25, -0.2) is 8.78 Å². The summed E-state index contributed by atoms with van der Waals surface area (Å²) in [4.78, 5) is 16.6. The summed E-state index contributed by atoms with van der Waals surface area (Å²) >= 11 is 0. The van der Waals surface area contributed by atoms with Crippen LogP contribution in [0.1, 0.15) is 18.4 Å². The summed E-state index contributed by atoms with van der Waals surface area (Å²) < 4.78 is 37.7. The molecule has 2 saturated heterocycles. The van der Waals surface area contributed by atoms with Crippen LogP contribution in [0.2, 0.25) is 0 Å². The third-order valence-corrected chi connectivity index (χ3v) is 5.71. The number of carbonyl (C=O) groups excluding carboxylic acids is 1. The Bertz CT molecular complexity index is 854. The van der Waals surface area contributed by atoms with Gasteiger partial charge < -0.3 is 14.4 Å². The van der Waals surface area contributed by atoms with Crippen LogP contribution in [0.25, 0.3) is 0 Å². The smallest absolute Gasteiger partial charge is 0.248 e. The largest absolute Gasteiger partial charge is 0.491 e. The van der Waals surface area contributed by atoms with Gasteiger partial charge >= 0.3 is 0 Å². The summed E-state index contributed by atoms with van der Waals surface area (Å²) in [6.07, 6.45) is 1.55. The second-order valence-electron chi connectivity index (χ2n) is 7.88. The molecule has 4 rings (SSSR count). The highest BCUT2D eigenvalue weighted by Crippen LogP contribution is 2.22. The number of rotatable bonds is 6. The van der Waals surface area contributed by atoms with Crippen LogP contribution in [0, 0.1) is 11.6 Å². The van der Waals surface area contributed by atoms with Gasteiger partial charge in [0.2, 0.25) is 5.91 Å². The number of ether oxygens (including phenoxy) is 2. The van der Waals surface area contributed by atoms with Gasteiger partial charge in [0.1, 0.15) is 36.7 Å². The normalized spacial score (nSPS) is 21.1. The first-order valence-corrected chi connectivity index (χ1v) is 10.3. The van der Waals surface area contributed by atoms with E-state index >= 15 is 0 Å². The highest BCUT2D eigenvalue weighted by molar-refractivity contribution is 5.78. The maximum absolute atomic E-state index is 13.4. The number of carbonyl (C=O) groups is 1. The van der Waals surface area contributed by atoms with Crippen molar-refractivity contribution in [3.05, 3.63) is 65.7 Å². The summed E-state index contributed by atoms with van der Waals surface area (Å²) in [5, 5.41) is 0. The lowest BCUT2D eigenvalue weighted by molar-refractivity contribution is -0.155. The summed E-state index contributed by atoms with van der Waals surface area (Å²) in [6.45, 7) is 3.31. The summed E-state index contributed by atoms with van der Waals surface area (Å²) in [5.41, 5.74) is 0.967. The Morgan fingerprint density at radius 2 is 1.80 bits per heavy atom. The van der Waals surface area contributed by atoms with E-state index in [4.69, 9.17) is 9.47 Å². The van der Waals surface area contributed by atoms with Crippen molar-refractivity contribution >= 4 is 5.91 Å². The van der Waals surface area contributed by atoms with Crippen LogP contribution in [0.15, 0.2) is 48.5 Å². The van der Waals surface area contributed by atoms with E-state index in [9.17, 15) is 13.6 Å². The van der Waals surface area contributed by atoms with E-state index in [1.165, 1.54) is 18.2 Å². The minimum atomic E-state index is -0.309. The second kappa shape index (κ2) is 9.53. The molecule has 7 heteroatoms. The fourth-order valence-electron chi connectivity index (χ4n) is 4.10. The van der Waals surface area contributed by atoms with Crippen molar-refractivity contribution in [2.45, 2.75) is 31.5 Å². The first-order chi connectivity index (χ1) is 14.6. The SMILES string of the molecule is O=C1CO[C@@H](COc2ccc(F)cc2)CN1C1CCN(Cc2cccc(F)c2)CC1. The molecule has 0 spiro atoms. The van der Waals surface area contributed by atoms with Gasteiger partial charge in [-0.3, -0.25) is 9.69 Å². The first-order valence-electron chi connectivity index (χ1n) is 10.3. The fourth-order valence-corrected chi connectivity index (χ4v) is 4.10. The molecule has 2 heterocycles. The maximum atomic E-state index is 13.4. The number of benzene rings is 2. The van der Waals surface area contributed by atoms with Crippen LogP contribution in [0.4, 0.5) is 8.78 Å². The second-order valence-corrected chi connectivity index (χ2v) is 7.88. The van der Waals surface area contributed by atoms with Gasteiger partial charge in [0.15, 0.2) is 0 Å². The van der Waals surface area contributed by atoms with Gasteiger partial charge in [0, 0.05) is 25.7 Å². The predicted molar refractivity (Wildman–Crippen MR) is 108 cm³/mol. The third-order valence-electron chi connectivity index (χ3n) is 5.71. The summed E-state index contributed by atoms with van der Waals surface area (Å²) in [5.74, 6) is 0.0673. The van der Waals surface area contributed by atoms with Crippen molar-refractivity contribution in [3.8, 4) is 5.75 Å². The number of piperidine rings is 1. The molecule has 0 unspecified atom stereocenters. The van der Waals surface area contributed by atoms with Crippen LogP contribution in [0.3, 0.4) is 0 Å². The first kappa shape index (κ1) is 20.8. The maximum Gasteiger partial charge on any atom is 0.248 e. The molecule has 1 atom stereocenters. The van der Waals surface area contributed by atoms with E-state index < -0.39 is 0 Å². The summed E-state index contributed by atoms with van der Waals surface area (Å²) in [6, 6.07) is 12.7. The van der Waals surface area contributed by atoms with E-state index in [0.717, 1.165) is 38.0 Å². The Morgan fingerprint density at radius 3 is 2.53 bits per heavy atom. The van der Waals surface area contributed by atoms with Gasteiger partial charge in [-0.05, 0) is 54.8 Å². The monoisotopic (exact) mass is 416 g/mol. The Morgan fingerprint density at radius 1 is 1.03 bits per heavy atom. The minimum Gasteiger partial charge on any atom is -0.491 e. The molecular weight excluding hydrogens is 390 g/mol. The lowest BCUT2D eigenvalue weighted by Gasteiger charge is -2.42. The average molecular weight is 416 g/mol. The van der Waals surface area contributed by atoms with Crippen molar-refractivity contribution in [3.63, 3.8) is 0 Å². The number of amides is 1. The molecule has 160 valence electrons. The fraction of sp³-hybridized carbons (Fsp3) is 0.435. The Labute approximate surface area is 175 Å². The molecule has 0 bridgehead atoms. The molecule has 0 N–H and O–H groups in total. The highest BCUT2D eigenvalue weighted by Gasteiger charge is 2.33. The third kappa shape index (κ3) is 5.34. The highest BCUT2D eigenvalue weighted by atomic mass is 19.1. The molecule has 2 aromatic rings.